The van der Waals surface area contributed by atoms with E-state index in [0.717, 1.165) is 27.9 Å². The molecule has 0 aliphatic carbocycles. The molecule has 0 fully saturated rings. The number of hydrogen-bond acceptors (Lipinski definition) is 4. The van der Waals surface area contributed by atoms with E-state index in [-0.39, 0.29) is 17.4 Å². The number of nitrogens with one attached hydrogen (secondary N) is 1. The minimum Gasteiger partial charge on any atom is -0.325 e. The minimum atomic E-state index is -0.117. The molecule has 1 aromatic heterocycles. The molecule has 1 amide bonds. The molecule has 1 N–H and O–H groups in total. The second kappa shape index (κ2) is 8.35. The number of hydrogen-bond donors (Lipinski definition) is 1. The van der Waals surface area contributed by atoms with E-state index in [4.69, 9.17) is 4.98 Å². The third-order valence-corrected chi connectivity index (χ3v) is 5.32. The van der Waals surface area contributed by atoms with Gasteiger partial charge in [0.1, 0.15) is 5.03 Å². The van der Waals surface area contributed by atoms with Gasteiger partial charge in [-0.1, -0.05) is 42.4 Å². The van der Waals surface area contributed by atoms with E-state index in [1.807, 2.05) is 12.1 Å². The molecule has 0 atom stereocenters. The highest BCUT2D eigenvalue weighted by molar-refractivity contribution is 8.00. The van der Waals surface area contributed by atoms with Gasteiger partial charge >= 0.3 is 0 Å². The van der Waals surface area contributed by atoms with Crippen LogP contribution in [0.4, 0.5) is 5.69 Å². The monoisotopic (exact) mass is 378 g/mol. The van der Waals surface area contributed by atoms with Gasteiger partial charge in [-0.15, -0.1) is 0 Å². The van der Waals surface area contributed by atoms with E-state index in [9.17, 15) is 9.59 Å². The fourth-order valence-corrected chi connectivity index (χ4v) is 3.74. The Morgan fingerprint density at radius 2 is 1.93 bits per heavy atom. The van der Waals surface area contributed by atoms with Gasteiger partial charge in [0, 0.05) is 16.6 Å². The van der Waals surface area contributed by atoms with Crippen molar-refractivity contribution in [3.05, 3.63) is 65.2 Å². The van der Waals surface area contributed by atoms with Gasteiger partial charge in [-0.3, -0.25) is 9.59 Å². The predicted molar refractivity (Wildman–Crippen MR) is 112 cm³/mol. The summed E-state index contributed by atoms with van der Waals surface area (Å²) in [5.74, 6) is 0.124. The van der Waals surface area contributed by atoms with Gasteiger partial charge in [0.2, 0.25) is 5.91 Å². The van der Waals surface area contributed by atoms with E-state index >= 15 is 0 Å². The van der Waals surface area contributed by atoms with E-state index in [2.05, 4.69) is 31.3 Å². The zero-order valence-corrected chi connectivity index (χ0v) is 16.5. The van der Waals surface area contributed by atoms with E-state index in [0.29, 0.717) is 11.3 Å². The lowest BCUT2D eigenvalue weighted by molar-refractivity contribution is -0.113. The third-order valence-electron chi connectivity index (χ3n) is 4.28. The number of carbonyl (C=O) groups excluding carboxylic acids is 2. The number of amides is 1. The highest BCUT2D eigenvalue weighted by Gasteiger charge is 2.10. The van der Waals surface area contributed by atoms with Crippen LogP contribution >= 0.6 is 11.8 Å². The van der Waals surface area contributed by atoms with Crippen LogP contribution in [0, 0.1) is 6.92 Å². The molecule has 3 rings (SSSR count). The fraction of sp³-hybridized carbons (Fsp3) is 0.227. The summed E-state index contributed by atoms with van der Waals surface area (Å²) >= 11 is 1.44. The maximum Gasteiger partial charge on any atom is 0.234 e. The van der Waals surface area contributed by atoms with Gasteiger partial charge < -0.3 is 5.32 Å². The van der Waals surface area contributed by atoms with Crippen molar-refractivity contribution < 1.29 is 9.59 Å². The molecule has 0 aliphatic heterocycles. The van der Waals surface area contributed by atoms with Crippen LogP contribution in [0.5, 0.6) is 0 Å². The van der Waals surface area contributed by atoms with Crippen molar-refractivity contribution in [1.82, 2.24) is 4.98 Å². The summed E-state index contributed by atoms with van der Waals surface area (Å²) in [4.78, 5) is 28.5. The van der Waals surface area contributed by atoms with E-state index < -0.39 is 0 Å². The van der Waals surface area contributed by atoms with Crippen molar-refractivity contribution in [2.45, 2.75) is 32.2 Å². The molecule has 0 spiro atoms. The highest BCUT2D eigenvalue weighted by atomic mass is 32.2. The lowest BCUT2D eigenvalue weighted by Gasteiger charge is -2.10. The molecule has 0 saturated carbocycles. The quantitative estimate of drug-likeness (QED) is 0.482. The van der Waals surface area contributed by atoms with Gasteiger partial charge in [-0.2, -0.15) is 0 Å². The summed E-state index contributed by atoms with van der Waals surface area (Å²) in [6.07, 6.45) is 0.863. The maximum atomic E-state index is 12.3. The molecule has 0 saturated heterocycles. The normalized spacial score (nSPS) is 10.8. The van der Waals surface area contributed by atoms with Crippen LogP contribution in [0.2, 0.25) is 0 Å². The molecule has 0 radical (unpaired) electrons. The van der Waals surface area contributed by atoms with Crippen LogP contribution in [0.3, 0.4) is 0 Å². The Balaban J connectivity index is 1.72. The third kappa shape index (κ3) is 4.74. The largest absolute Gasteiger partial charge is 0.325 e. The van der Waals surface area contributed by atoms with Crippen LogP contribution in [0.15, 0.2) is 53.6 Å². The summed E-state index contributed by atoms with van der Waals surface area (Å²) in [6.45, 7) is 5.67. The number of aromatic nitrogens is 1. The lowest BCUT2D eigenvalue weighted by atomic mass is 10.1. The number of rotatable bonds is 6. The topological polar surface area (TPSA) is 59.1 Å². The van der Waals surface area contributed by atoms with Crippen LogP contribution in [0.25, 0.3) is 10.9 Å². The first-order valence-corrected chi connectivity index (χ1v) is 9.88. The number of pyridine rings is 1. The van der Waals surface area contributed by atoms with Gasteiger partial charge in [0.05, 0.1) is 11.3 Å². The standard InChI is InChI=1S/C22H22N2O2S/c1-4-16-11-18-10-14(2)8-9-20(18)24-22(16)27-13-21(26)23-19-7-5-6-17(12-19)15(3)25/h5-12H,4,13H2,1-3H3,(H,23,26). The average molecular weight is 378 g/mol. The number of ketones is 1. The van der Waals surface area contributed by atoms with E-state index in [1.54, 1.807) is 24.3 Å². The number of nitrogens with zero attached hydrogens (tertiary/aromatic N) is 1. The van der Waals surface area contributed by atoms with Crippen LogP contribution in [-0.2, 0) is 11.2 Å². The molecule has 3 aromatic rings. The maximum absolute atomic E-state index is 12.3. The van der Waals surface area contributed by atoms with E-state index in [1.165, 1.54) is 24.2 Å². The zero-order chi connectivity index (χ0) is 19.4. The van der Waals surface area contributed by atoms with Crippen LogP contribution < -0.4 is 5.32 Å². The molecule has 5 heteroatoms. The zero-order valence-electron chi connectivity index (χ0n) is 15.7. The predicted octanol–water partition coefficient (Wildman–Crippen LogP) is 5.04. The Kier molecular flexibility index (Phi) is 5.91. The molecule has 27 heavy (non-hydrogen) atoms. The number of anilines is 1. The summed E-state index contributed by atoms with van der Waals surface area (Å²) < 4.78 is 0. The SMILES string of the molecule is CCc1cc2cc(C)ccc2nc1SCC(=O)Nc1cccc(C(C)=O)c1. The molecular weight excluding hydrogens is 356 g/mol. The molecule has 4 nitrogen and oxygen atoms in total. The number of benzene rings is 2. The van der Waals surface area contributed by atoms with Crippen molar-refractivity contribution in [3.8, 4) is 0 Å². The van der Waals surface area contributed by atoms with Gasteiger partial charge in [-0.05, 0) is 56.2 Å². The minimum absolute atomic E-state index is 0.0244. The second-order valence-corrected chi connectivity index (χ2v) is 7.44. The Bertz CT molecular complexity index is 1010. The van der Waals surface area contributed by atoms with Crippen molar-refractivity contribution in [1.29, 1.82) is 0 Å². The molecule has 2 aromatic carbocycles. The number of Topliss-reactive ketones (excluding diaryl/α,β-unsaturated/α-hetero) is 1. The number of fused-ring (bicyclic) bond motifs is 1. The number of aryl methyl sites for hydroxylation is 2. The molecule has 0 bridgehead atoms. The Labute approximate surface area is 163 Å². The first-order chi connectivity index (χ1) is 13.0. The van der Waals surface area contributed by atoms with Crippen LogP contribution in [-0.4, -0.2) is 22.4 Å². The second-order valence-electron chi connectivity index (χ2n) is 6.48. The van der Waals surface area contributed by atoms with Crippen LogP contribution in [0.1, 0.15) is 35.3 Å². The average Bonchev–Trinajstić information content (AvgIpc) is 2.65. The fourth-order valence-electron chi connectivity index (χ4n) is 2.85. The smallest absolute Gasteiger partial charge is 0.234 e. The first kappa shape index (κ1) is 19.1. The molecule has 0 aliphatic rings. The summed E-state index contributed by atoms with van der Waals surface area (Å²) in [6, 6.07) is 15.3. The molecular formula is C22H22N2O2S. The highest BCUT2D eigenvalue weighted by Crippen LogP contribution is 2.26. The number of thioether (sulfide) groups is 1. The van der Waals surface area contributed by atoms with Gasteiger partial charge in [0.15, 0.2) is 5.78 Å². The van der Waals surface area contributed by atoms with Crippen molar-refractivity contribution in [2.75, 3.05) is 11.1 Å². The van der Waals surface area contributed by atoms with Crippen molar-refractivity contribution in [3.63, 3.8) is 0 Å². The van der Waals surface area contributed by atoms with Crippen molar-refractivity contribution >= 4 is 40.0 Å². The molecule has 138 valence electrons. The first-order valence-electron chi connectivity index (χ1n) is 8.90. The van der Waals surface area contributed by atoms with Gasteiger partial charge in [-0.25, -0.2) is 4.98 Å². The Morgan fingerprint density at radius 3 is 2.67 bits per heavy atom. The Hall–Kier alpha value is -2.66. The van der Waals surface area contributed by atoms with Crippen molar-refractivity contribution in [2.24, 2.45) is 0 Å². The summed E-state index contributed by atoms with van der Waals surface area (Å²) in [5, 5.41) is 4.87. The summed E-state index contributed by atoms with van der Waals surface area (Å²) in [7, 11) is 0. The molecule has 1 heterocycles. The lowest BCUT2D eigenvalue weighted by Crippen LogP contribution is -2.14. The number of carbonyl (C=O) groups is 2. The summed E-state index contributed by atoms with van der Waals surface area (Å²) in [5.41, 5.74) is 4.50. The van der Waals surface area contributed by atoms with Gasteiger partial charge in [0.25, 0.3) is 0 Å². The molecule has 0 unspecified atom stereocenters. The Morgan fingerprint density at radius 1 is 1.11 bits per heavy atom.